The molecule has 1 aromatic carbocycles. The number of rotatable bonds is 8. The number of nitriles is 1. The summed E-state index contributed by atoms with van der Waals surface area (Å²) in [5.74, 6) is -1.34. The maximum atomic E-state index is 12.4. The molecule has 0 heterocycles. The Balaban J connectivity index is 2.79. The van der Waals surface area contributed by atoms with Gasteiger partial charge >= 0.3 is 5.97 Å². The van der Waals surface area contributed by atoms with Gasteiger partial charge in [0.05, 0.1) is 22.9 Å². The molecule has 8 nitrogen and oxygen atoms in total. The predicted molar refractivity (Wildman–Crippen MR) is 90.0 cm³/mol. The monoisotopic (exact) mass is 367 g/mol. The van der Waals surface area contributed by atoms with Crippen LogP contribution in [0, 0.1) is 11.3 Å². The van der Waals surface area contributed by atoms with Gasteiger partial charge in [-0.2, -0.15) is 9.57 Å². The van der Waals surface area contributed by atoms with Gasteiger partial charge in [0.25, 0.3) is 5.91 Å². The number of carbonyl (C=O) groups excluding carboxylic acids is 2. The number of carbonyl (C=O) groups is 2. The van der Waals surface area contributed by atoms with Gasteiger partial charge in [0.2, 0.25) is 10.0 Å². The Kier molecular flexibility index (Phi) is 7.54. The van der Waals surface area contributed by atoms with Gasteiger partial charge in [0, 0.05) is 19.6 Å². The third-order valence-electron chi connectivity index (χ3n) is 3.37. The van der Waals surface area contributed by atoms with E-state index in [2.05, 4.69) is 5.32 Å². The molecule has 0 saturated carbocycles. The van der Waals surface area contributed by atoms with Gasteiger partial charge in [-0.3, -0.25) is 4.79 Å². The topological polar surface area (TPSA) is 117 Å². The minimum absolute atomic E-state index is 0.0306. The van der Waals surface area contributed by atoms with Gasteiger partial charge in [-0.25, -0.2) is 13.2 Å². The summed E-state index contributed by atoms with van der Waals surface area (Å²) < 4.78 is 30.9. The first-order valence-electron chi connectivity index (χ1n) is 7.59. The Hall–Kier alpha value is -2.44. The van der Waals surface area contributed by atoms with Crippen molar-refractivity contribution in [2.75, 3.05) is 20.2 Å². The summed E-state index contributed by atoms with van der Waals surface area (Å²) in [6, 6.07) is 7.07. The van der Waals surface area contributed by atoms with Gasteiger partial charge in [0.1, 0.15) is 0 Å². The third-order valence-corrected chi connectivity index (χ3v) is 5.40. The average Bonchev–Trinajstić information content (AvgIpc) is 2.59. The fraction of sp³-hybridized carbons (Fsp3) is 0.438. The highest BCUT2D eigenvalue weighted by molar-refractivity contribution is 7.89. The molecule has 0 aliphatic carbocycles. The van der Waals surface area contributed by atoms with E-state index in [9.17, 15) is 18.0 Å². The van der Waals surface area contributed by atoms with Crippen LogP contribution >= 0.6 is 0 Å². The Morgan fingerprint density at radius 1 is 1.36 bits per heavy atom. The molecule has 0 aliphatic rings. The van der Waals surface area contributed by atoms with Crippen molar-refractivity contribution in [3.8, 4) is 6.07 Å². The Morgan fingerprint density at radius 2 is 2.04 bits per heavy atom. The van der Waals surface area contributed by atoms with Crippen LogP contribution in [-0.4, -0.2) is 50.8 Å². The smallest absolute Gasteiger partial charge is 0.338 e. The highest BCUT2D eigenvalue weighted by Crippen LogP contribution is 2.18. The highest BCUT2D eigenvalue weighted by Gasteiger charge is 2.24. The Bertz CT molecular complexity index is 768. The molecule has 1 N–H and O–H groups in total. The minimum Gasteiger partial charge on any atom is -0.452 e. The SMILES string of the molecule is CC(C)N(C)S(=O)(=O)c1cccc(C(=O)OCC(=O)NCCC#N)c1. The summed E-state index contributed by atoms with van der Waals surface area (Å²) in [6.07, 6.45) is 0.156. The van der Waals surface area contributed by atoms with Crippen LogP contribution in [0.3, 0.4) is 0 Å². The second-order valence-corrected chi connectivity index (χ2v) is 7.47. The van der Waals surface area contributed by atoms with Crippen LogP contribution in [0.15, 0.2) is 29.2 Å². The van der Waals surface area contributed by atoms with Crippen molar-refractivity contribution in [3.05, 3.63) is 29.8 Å². The standard InChI is InChI=1S/C16H21N3O5S/c1-12(2)19(3)25(22,23)14-7-4-6-13(10-14)16(21)24-11-15(20)18-9-5-8-17/h4,6-7,10,12H,5,9,11H2,1-3H3,(H,18,20). The van der Waals surface area contributed by atoms with E-state index in [0.717, 1.165) is 0 Å². The largest absolute Gasteiger partial charge is 0.452 e. The fourth-order valence-corrected chi connectivity index (χ4v) is 3.16. The zero-order valence-electron chi connectivity index (χ0n) is 14.4. The molecule has 25 heavy (non-hydrogen) atoms. The van der Waals surface area contributed by atoms with E-state index in [1.54, 1.807) is 13.8 Å². The lowest BCUT2D eigenvalue weighted by molar-refractivity contribution is -0.124. The quantitative estimate of drug-likeness (QED) is 0.539. The van der Waals surface area contributed by atoms with Gasteiger partial charge in [-0.15, -0.1) is 0 Å². The molecule has 0 bridgehead atoms. The number of sulfonamides is 1. The Morgan fingerprint density at radius 3 is 2.64 bits per heavy atom. The predicted octanol–water partition coefficient (Wildman–Crippen LogP) is 0.902. The van der Waals surface area contributed by atoms with E-state index >= 15 is 0 Å². The zero-order valence-corrected chi connectivity index (χ0v) is 15.2. The number of nitrogens with zero attached hydrogens (tertiary/aromatic N) is 2. The molecule has 0 radical (unpaired) electrons. The third kappa shape index (κ3) is 5.85. The maximum absolute atomic E-state index is 12.4. The minimum atomic E-state index is -3.72. The summed E-state index contributed by atoms with van der Waals surface area (Å²) >= 11 is 0. The lowest BCUT2D eigenvalue weighted by Crippen LogP contribution is -2.33. The zero-order chi connectivity index (χ0) is 19.0. The summed E-state index contributed by atoms with van der Waals surface area (Å²) in [7, 11) is -2.27. The number of hydrogen-bond acceptors (Lipinski definition) is 6. The molecule has 1 aromatic rings. The van der Waals surface area contributed by atoms with E-state index in [1.165, 1.54) is 35.6 Å². The summed E-state index contributed by atoms with van der Waals surface area (Å²) in [5.41, 5.74) is 0.0306. The average molecular weight is 367 g/mol. The highest BCUT2D eigenvalue weighted by atomic mass is 32.2. The maximum Gasteiger partial charge on any atom is 0.338 e. The van der Waals surface area contributed by atoms with E-state index in [0.29, 0.717) is 0 Å². The molecular formula is C16H21N3O5S. The second-order valence-electron chi connectivity index (χ2n) is 5.48. The van der Waals surface area contributed by atoms with Crippen LogP contribution in [0.4, 0.5) is 0 Å². The van der Waals surface area contributed by atoms with Crippen molar-refractivity contribution >= 4 is 21.9 Å². The van der Waals surface area contributed by atoms with Crippen LogP contribution in [0.25, 0.3) is 0 Å². The summed E-state index contributed by atoms with van der Waals surface area (Å²) in [5, 5.41) is 10.8. The van der Waals surface area contributed by atoms with Gasteiger partial charge in [-0.1, -0.05) is 6.07 Å². The number of amides is 1. The molecule has 136 valence electrons. The number of ether oxygens (including phenoxy) is 1. The molecule has 9 heteroatoms. The molecule has 0 atom stereocenters. The Labute approximate surface area is 147 Å². The molecule has 0 fully saturated rings. The molecule has 1 rings (SSSR count). The summed E-state index contributed by atoms with van der Waals surface area (Å²) in [4.78, 5) is 23.4. The first-order chi connectivity index (χ1) is 11.7. The molecule has 0 aromatic heterocycles. The first-order valence-corrected chi connectivity index (χ1v) is 9.03. The summed E-state index contributed by atoms with van der Waals surface area (Å²) in [6.45, 7) is 3.14. The van der Waals surface area contributed by atoms with Crippen molar-refractivity contribution in [1.29, 1.82) is 5.26 Å². The molecule has 0 saturated heterocycles. The van der Waals surface area contributed by atoms with Crippen molar-refractivity contribution in [2.24, 2.45) is 0 Å². The van der Waals surface area contributed by atoms with Crippen LogP contribution in [0.5, 0.6) is 0 Å². The van der Waals surface area contributed by atoms with E-state index < -0.39 is 28.5 Å². The van der Waals surface area contributed by atoms with Gasteiger partial charge in [0.15, 0.2) is 6.61 Å². The van der Waals surface area contributed by atoms with Crippen LogP contribution in [-0.2, 0) is 19.6 Å². The lowest BCUT2D eigenvalue weighted by Gasteiger charge is -2.21. The molecule has 0 unspecified atom stereocenters. The normalized spacial score (nSPS) is 11.2. The number of benzene rings is 1. The van der Waals surface area contributed by atoms with Crippen LogP contribution in [0.2, 0.25) is 0 Å². The molecule has 1 amide bonds. The molecule has 0 aliphatic heterocycles. The van der Waals surface area contributed by atoms with Gasteiger partial charge in [-0.05, 0) is 32.0 Å². The lowest BCUT2D eigenvalue weighted by atomic mass is 10.2. The van der Waals surface area contributed by atoms with E-state index in [-0.39, 0.29) is 29.5 Å². The number of hydrogen-bond donors (Lipinski definition) is 1. The van der Waals surface area contributed by atoms with Crippen LogP contribution < -0.4 is 5.32 Å². The fourth-order valence-electron chi connectivity index (χ4n) is 1.75. The molecular weight excluding hydrogens is 346 g/mol. The second kappa shape index (κ2) is 9.15. The van der Waals surface area contributed by atoms with E-state index in [4.69, 9.17) is 10.00 Å². The number of nitrogens with one attached hydrogen (secondary N) is 1. The van der Waals surface area contributed by atoms with Crippen molar-refractivity contribution < 1.29 is 22.7 Å². The van der Waals surface area contributed by atoms with E-state index in [1.807, 2.05) is 6.07 Å². The van der Waals surface area contributed by atoms with Gasteiger partial charge < -0.3 is 10.1 Å². The molecule has 0 spiro atoms. The van der Waals surface area contributed by atoms with Crippen molar-refractivity contribution in [2.45, 2.75) is 31.2 Å². The van der Waals surface area contributed by atoms with Crippen LogP contribution in [0.1, 0.15) is 30.6 Å². The van der Waals surface area contributed by atoms with Crippen molar-refractivity contribution in [1.82, 2.24) is 9.62 Å². The van der Waals surface area contributed by atoms with Crippen molar-refractivity contribution in [3.63, 3.8) is 0 Å². The first kappa shape index (κ1) is 20.6. The number of esters is 1.